The number of nitrogens with zero attached hydrogens (tertiary/aromatic N) is 2. The van der Waals surface area contributed by atoms with Gasteiger partial charge in [-0.25, -0.2) is 9.97 Å². The molecule has 232 valence electrons. The highest BCUT2D eigenvalue weighted by molar-refractivity contribution is 8.08. The molecule has 6 aromatic carbocycles. The standard InChI is InChI=1S/C45H30N2OS/c1-3-13-29(14-4-1)38-28-39(47-44(46-38)30-15-5-2-6-16-30)43-26-25-42(49-43)31-23-24-37-41(27-31)48-40-22-12-11-21-36(40)45(37)34-19-9-7-17-32(34)33-18-8-10-20-35(33)45/h1-25,27-28,43H,26H2. The second-order valence-electron chi connectivity index (χ2n) is 12.8. The summed E-state index contributed by atoms with van der Waals surface area (Å²) < 4.78 is 6.78. The van der Waals surface area contributed by atoms with Crippen LogP contribution in [0, 0.1) is 0 Å². The molecule has 1 unspecified atom stereocenters. The Labute approximate surface area is 290 Å². The topological polar surface area (TPSA) is 35.0 Å². The van der Waals surface area contributed by atoms with Gasteiger partial charge in [-0.05, 0) is 52.4 Å². The molecule has 0 saturated carbocycles. The van der Waals surface area contributed by atoms with E-state index in [-0.39, 0.29) is 5.25 Å². The zero-order valence-corrected chi connectivity index (χ0v) is 27.4. The van der Waals surface area contributed by atoms with Gasteiger partial charge in [-0.15, -0.1) is 11.8 Å². The van der Waals surface area contributed by atoms with Crippen molar-refractivity contribution in [2.75, 3.05) is 0 Å². The maximum Gasteiger partial charge on any atom is 0.160 e. The molecule has 7 aromatic rings. The molecule has 1 aromatic heterocycles. The number of hydrogen-bond acceptors (Lipinski definition) is 4. The summed E-state index contributed by atoms with van der Waals surface area (Å²) in [6.45, 7) is 0. The smallest absolute Gasteiger partial charge is 0.160 e. The molecule has 0 radical (unpaired) electrons. The molecule has 0 saturated heterocycles. The van der Waals surface area contributed by atoms with Crippen LogP contribution in [0.1, 0.15) is 45.2 Å². The van der Waals surface area contributed by atoms with Gasteiger partial charge in [0.25, 0.3) is 0 Å². The summed E-state index contributed by atoms with van der Waals surface area (Å²) in [7, 11) is 0. The fourth-order valence-corrected chi connectivity index (χ4v) is 9.14. The van der Waals surface area contributed by atoms with Crippen molar-refractivity contribution in [2.24, 2.45) is 0 Å². The van der Waals surface area contributed by atoms with E-state index in [1.54, 1.807) is 0 Å². The van der Waals surface area contributed by atoms with Gasteiger partial charge in [0.15, 0.2) is 5.82 Å². The van der Waals surface area contributed by atoms with E-state index in [2.05, 4.69) is 140 Å². The summed E-state index contributed by atoms with van der Waals surface area (Å²) in [5, 5.41) is 0.181. The number of thioether (sulfide) groups is 1. The van der Waals surface area contributed by atoms with Crippen LogP contribution < -0.4 is 4.74 Å². The Bertz CT molecular complexity index is 2330. The summed E-state index contributed by atoms with van der Waals surface area (Å²) >= 11 is 1.88. The monoisotopic (exact) mass is 646 g/mol. The van der Waals surface area contributed by atoms with E-state index in [1.165, 1.54) is 43.8 Å². The van der Waals surface area contributed by atoms with E-state index < -0.39 is 5.41 Å². The van der Waals surface area contributed by atoms with E-state index in [9.17, 15) is 0 Å². The van der Waals surface area contributed by atoms with Crippen molar-refractivity contribution >= 4 is 16.7 Å². The Morgan fingerprint density at radius 1 is 0.531 bits per heavy atom. The lowest BCUT2D eigenvalue weighted by Crippen LogP contribution is -2.32. The molecule has 0 bridgehead atoms. The third-order valence-corrected chi connectivity index (χ3v) is 11.5. The highest BCUT2D eigenvalue weighted by Gasteiger charge is 2.50. The van der Waals surface area contributed by atoms with Crippen molar-refractivity contribution in [1.82, 2.24) is 9.97 Å². The zero-order valence-electron chi connectivity index (χ0n) is 26.6. The van der Waals surface area contributed by atoms with Gasteiger partial charge in [0.2, 0.25) is 0 Å². The minimum atomic E-state index is -0.446. The van der Waals surface area contributed by atoms with Crippen LogP contribution in [0.15, 0.2) is 164 Å². The van der Waals surface area contributed by atoms with Crippen molar-refractivity contribution in [3.8, 4) is 45.3 Å². The molecule has 1 spiro atoms. The van der Waals surface area contributed by atoms with Gasteiger partial charge in [-0.2, -0.15) is 0 Å². The van der Waals surface area contributed by atoms with Crippen LogP contribution in [0.2, 0.25) is 0 Å². The van der Waals surface area contributed by atoms with Crippen LogP contribution >= 0.6 is 11.8 Å². The Balaban J connectivity index is 1.05. The Kier molecular flexibility index (Phi) is 6.46. The molecule has 1 aliphatic carbocycles. The molecular formula is C45H30N2OS. The molecule has 49 heavy (non-hydrogen) atoms. The lowest BCUT2D eigenvalue weighted by atomic mass is 9.66. The van der Waals surface area contributed by atoms with Crippen molar-refractivity contribution in [2.45, 2.75) is 17.1 Å². The number of fused-ring (bicyclic) bond motifs is 9. The second kappa shape index (κ2) is 11.2. The van der Waals surface area contributed by atoms with Gasteiger partial charge in [0, 0.05) is 27.2 Å². The fraction of sp³-hybridized carbons (Fsp3) is 0.0667. The van der Waals surface area contributed by atoms with Crippen molar-refractivity contribution in [1.29, 1.82) is 0 Å². The summed E-state index contributed by atoms with van der Waals surface area (Å²) in [6.07, 6.45) is 3.25. The normalized spacial score (nSPS) is 16.2. The Morgan fingerprint density at radius 3 is 1.88 bits per heavy atom. The number of allylic oxidation sites excluding steroid dienone is 1. The molecule has 1 atom stereocenters. The van der Waals surface area contributed by atoms with Crippen LogP contribution in [0.25, 0.3) is 38.7 Å². The molecule has 10 rings (SSSR count). The van der Waals surface area contributed by atoms with Crippen molar-refractivity contribution < 1.29 is 4.74 Å². The maximum absolute atomic E-state index is 6.78. The van der Waals surface area contributed by atoms with E-state index >= 15 is 0 Å². The lowest BCUT2D eigenvalue weighted by Gasteiger charge is -2.39. The molecular weight excluding hydrogens is 617 g/mol. The second-order valence-corrected chi connectivity index (χ2v) is 14.0. The molecule has 3 aliphatic rings. The molecule has 3 nitrogen and oxygen atoms in total. The first-order valence-electron chi connectivity index (χ1n) is 16.8. The van der Waals surface area contributed by atoms with Crippen LogP contribution in [0.3, 0.4) is 0 Å². The van der Waals surface area contributed by atoms with Crippen LogP contribution in [0.5, 0.6) is 11.5 Å². The van der Waals surface area contributed by atoms with E-state index in [0.717, 1.165) is 46.3 Å². The number of aromatic nitrogens is 2. The number of para-hydroxylation sites is 1. The summed E-state index contributed by atoms with van der Waals surface area (Å²) in [5.41, 5.74) is 12.4. The predicted octanol–water partition coefficient (Wildman–Crippen LogP) is 11.5. The number of ether oxygens (including phenoxy) is 1. The third-order valence-electron chi connectivity index (χ3n) is 10.1. The summed E-state index contributed by atoms with van der Waals surface area (Å²) in [6, 6.07) is 56.0. The van der Waals surface area contributed by atoms with E-state index in [1.807, 2.05) is 36.0 Å². The Morgan fingerprint density at radius 2 is 1.14 bits per heavy atom. The molecule has 0 amide bonds. The minimum absolute atomic E-state index is 0.181. The maximum atomic E-state index is 6.78. The van der Waals surface area contributed by atoms with Gasteiger partial charge in [0.1, 0.15) is 11.5 Å². The summed E-state index contributed by atoms with van der Waals surface area (Å²) in [5.74, 6) is 2.58. The highest BCUT2D eigenvalue weighted by atomic mass is 32.2. The average molecular weight is 647 g/mol. The first-order chi connectivity index (χ1) is 24.3. The molecule has 4 heteroatoms. The first kappa shape index (κ1) is 28.3. The van der Waals surface area contributed by atoms with Gasteiger partial charge >= 0.3 is 0 Å². The van der Waals surface area contributed by atoms with Gasteiger partial charge < -0.3 is 4.74 Å². The van der Waals surface area contributed by atoms with Crippen LogP contribution in [0.4, 0.5) is 0 Å². The number of benzene rings is 6. The van der Waals surface area contributed by atoms with E-state index in [4.69, 9.17) is 14.7 Å². The van der Waals surface area contributed by atoms with E-state index in [0.29, 0.717) is 0 Å². The largest absolute Gasteiger partial charge is 0.457 e. The van der Waals surface area contributed by atoms with Gasteiger partial charge in [-0.3, -0.25) is 0 Å². The zero-order chi connectivity index (χ0) is 32.4. The predicted molar refractivity (Wildman–Crippen MR) is 200 cm³/mol. The molecule has 0 fully saturated rings. The highest BCUT2D eigenvalue weighted by Crippen LogP contribution is 2.62. The quantitative estimate of drug-likeness (QED) is 0.191. The third kappa shape index (κ3) is 4.37. The molecule has 2 aliphatic heterocycles. The SMILES string of the molecule is C1=C(c2ccc3c(c2)Oc2ccccc2C32c3ccccc3-c3ccccc32)SC(c2cc(-c3ccccc3)nc(-c3ccccc3)n2)C1. The average Bonchev–Trinajstić information content (AvgIpc) is 3.78. The number of rotatable bonds is 4. The fourth-order valence-electron chi connectivity index (χ4n) is 7.95. The van der Waals surface area contributed by atoms with Gasteiger partial charge in [-0.1, -0.05) is 146 Å². The summed E-state index contributed by atoms with van der Waals surface area (Å²) in [4.78, 5) is 11.4. The van der Waals surface area contributed by atoms with Gasteiger partial charge in [0.05, 0.1) is 22.1 Å². The minimum Gasteiger partial charge on any atom is -0.457 e. The number of hydrogen-bond donors (Lipinski definition) is 0. The molecule has 0 N–H and O–H groups in total. The van der Waals surface area contributed by atoms with Crippen LogP contribution in [-0.4, -0.2) is 9.97 Å². The van der Waals surface area contributed by atoms with Crippen molar-refractivity contribution in [3.63, 3.8) is 0 Å². The molecule has 3 heterocycles. The van der Waals surface area contributed by atoms with Crippen LogP contribution in [-0.2, 0) is 5.41 Å². The lowest BCUT2D eigenvalue weighted by molar-refractivity contribution is 0.436. The Hall–Kier alpha value is -5.71. The first-order valence-corrected chi connectivity index (χ1v) is 17.6. The van der Waals surface area contributed by atoms with Crippen molar-refractivity contribution in [3.05, 3.63) is 197 Å².